The Labute approximate surface area is 177 Å². The van der Waals surface area contributed by atoms with Crippen LogP contribution in [0, 0.1) is 5.92 Å². The monoisotopic (exact) mass is 410 g/mol. The van der Waals surface area contributed by atoms with Crippen molar-refractivity contribution >= 4 is 11.8 Å². The number of hydrogen-bond acceptors (Lipinski definition) is 4. The first-order valence-corrected chi connectivity index (χ1v) is 11.0. The van der Waals surface area contributed by atoms with Crippen LogP contribution in [-0.2, 0) is 4.79 Å². The van der Waals surface area contributed by atoms with Gasteiger partial charge in [0.05, 0.1) is 12.3 Å². The molecule has 2 aromatic rings. The van der Waals surface area contributed by atoms with Gasteiger partial charge in [0.15, 0.2) is 0 Å². The van der Waals surface area contributed by atoms with Crippen LogP contribution < -0.4 is 4.74 Å². The Bertz CT molecular complexity index is 863. The number of aromatic amines is 1. The predicted molar refractivity (Wildman–Crippen MR) is 114 cm³/mol. The first-order valence-electron chi connectivity index (χ1n) is 11.0. The smallest absolute Gasteiger partial charge is 0.272 e. The molecule has 0 atom stereocenters. The Morgan fingerprint density at radius 3 is 2.37 bits per heavy atom. The fraction of sp³-hybridized carbons (Fsp3) is 0.522. The molecule has 160 valence electrons. The molecule has 2 amide bonds. The SMILES string of the molecule is CCOc1ccc(-c2cc(C(=O)N3CCN(C(=O)C4CCCCC4)CC3)[nH]n2)cc1. The van der Waals surface area contributed by atoms with Gasteiger partial charge in [0, 0.05) is 37.7 Å². The standard InChI is InChI=1S/C23H30N4O3/c1-2-30-19-10-8-17(9-11-19)20-16-21(25-24-20)23(29)27-14-12-26(13-15-27)22(28)18-6-4-3-5-7-18/h8-11,16,18H,2-7,12-15H2,1H3,(H,24,25). The van der Waals surface area contributed by atoms with Crippen molar-refractivity contribution in [3.05, 3.63) is 36.0 Å². The third kappa shape index (κ3) is 4.50. The Morgan fingerprint density at radius 1 is 1.03 bits per heavy atom. The van der Waals surface area contributed by atoms with Gasteiger partial charge in [-0.05, 0) is 50.1 Å². The number of H-pyrrole nitrogens is 1. The van der Waals surface area contributed by atoms with E-state index in [-0.39, 0.29) is 17.7 Å². The highest BCUT2D eigenvalue weighted by atomic mass is 16.5. The van der Waals surface area contributed by atoms with E-state index in [4.69, 9.17) is 4.74 Å². The van der Waals surface area contributed by atoms with Crippen LogP contribution >= 0.6 is 0 Å². The Hall–Kier alpha value is -2.83. The topological polar surface area (TPSA) is 78.5 Å². The minimum atomic E-state index is -0.0653. The third-order valence-electron chi connectivity index (χ3n) is 6.10. The molecule has 2 aliphatic rings. The summed E-state index contributed by atoms with van der Waals surface area (Å²) in [5.74, 6) is 1.21. The second-order valence-corrected chi connectivity index (χ2v) is 8.08. The Morgan fingerprint density at radius 2 is 1.70 bits per heavy atom. The summed E-state index contributed by atoms with van der Waals surface area (Å²) in [5.41, 5.74) is 2.13. The van der Waals surface area contributed by atoms with Gasteiger partial charge >= 0.3 is 0 Å². The van der Waals surface area contributed by atoms with Crippen molar-refractivity contribution in [1.29, 1.82) is 0 Å². The molecule has 1 aliphatic heterocycles. The number of hydrogen-bond donors (Lipinski definition) is 1. The van der Waals surface area contributed by atoms with Crippen LogP contribution in [0.4, 0.5) is 0 Å². The van der Waals surface area contributed by atoms with E-state index >= 15 is 0 Å². The molecule has 2 fully saturated rings. The van der Waals surface area contributed by atoms with Gasteiger partial charge in [-0.25, -0.2) is 0 Å². The number of piperazine rings is 1. The van der Waals surface area contributed by atoms with Crippen LogP contribution in [0.2, 0.25) is 0 Å². The maximum atomic E-state index is 12.9. The highest BCUT2D eigenvalue weighted by Gasteiger charge is 2.30. The summed E-state index contributed by atoms with van der Waals surface area (Å²) < 4.78 is 5.47. The largest absolute Gasteiger partial charge is 0.494 e. The summed E-state index contributed by atoms with van der Waals surface area (Å²) in [7, 11) is 0. The van der Waals surface area contributed by atoms with Crippen LogP contribution in [0.1, 0.15) is 49.5 Å². The predicted octanol–water partition coefficient (Wildman–Crippen LogP) is 3.34. The van der Waals surface area contributed by atoms with Crippen molar-refractivity contribution in [3.8, 4) is 17.0 Å². The van der Waals surface area contributed by atoms with Gasteiger partial charge in [0.2, 0.25) is 5.91 Å². The van der Waals surface area contributed by atoms with Gasteiger partial charge in [0.25, 0.3) is 5.91 Å². The molecule has 1 saturated carbocycles. The first-order chi connectivity index (χ1) is 14.7. The summed E-state index contributed by atoms with van der Waals surface area (Å²) in [6.07, 6.45) is 5.59. The average Bonchev–Trinajstić information content (AvgIpc) is 3.30. The lowest BCUT2D eigenvalue weighted by molar-refractivity contribution is -0.138. The van der Waals surface area contributed by atoms with E-state index < -0.39 is 0 Å². The number of nitrogens with one attached hydrogen (secondary N) is 1. The van der Waals surface area contributed by atoms with Gasteiger partial charge < -0.3 is 14.5 Å². The van der Waals surface area contributed by atoms with Gasteiger partial charge in [-0.3, -0.25) is 14.7 Å². The lowest BCUT2D eigenvalue weighted by Crippen LogP contribution is -2.52. The number of benzene rings is 1. The molecule has 1 saturated heterocycles. The zero-order valence-corrected chi connectivity index (χ0v) is 17.6. The number of ether oxygens (including phenoxy) is 1. The quantitative estimate of drug-likeness (QED) is 0.820. The molecule has 1 aromatic heterocycles. The number of aromatic nitrogens is 2. The van der Waals surface area contributed by atoms with E-state index in [9.17, 15) is 9.59 Å². The molecule has 30 heavy (non-hydrogen) atoms. The zero-order chi connectivity index (χ0) is 20.9. The van der Waals surface area contributed by atoms with Crippen LogP contribution in [0.15, 0.2) is 30.3 Å². The van der Waals surface area contributed by atoms with Crippen LogP contribution in [-0.4, -0.2) is 64.6 Å². The van der Waals surface area contributed by atoms with Crippen LogP contribution in [0.3, 0.4) is 0 Å². The molecule has 4 rings (SSSR count). The number of amides is 2. The first kappa shape index (κ1) is 20.4. The fourth-order valence-corrected chi connectivity index (χ4v) is 4.38. The van der Waals surface area contributed by atoms with E-state index in [0.29, 0.717) is 38.5 Å². The molecule has 0 bridgehead atoms. The number of nitrogens with zero attached hydrogens (tertiary/aromatic N) is 3. The molecule has 2 heterocycles. The van der Waals surface area contributed by atoms with Crippen molar-refractivity contribution in [2.24, 2.45) is 5.92 Å². The highest BCUT2D eigenvalue weighted by Crippen LogP contribution is 2.26. The van der Waals surface area contributed by atoms with Gasteiger partial charge in [-0.2, -0.15) is 5.10 Å². The molecule has 1 N–H and O–H groups in total. The molecule has 1 aromatic carbocycles. The van der Waals surface area contributed by atoms with Gasteiger partial charge in [-0.1, -0.05) is 19.3 Å². The fourth-order valence-electron chi connectivity index (χ4n) is 4.38. The molecule has 0 spiro atoms. The van der Waals surface area contributed by atoms with Crippen LogP contribution in [0.5, 0.6) is 5.75 Å². The summed E-state index contributed by atoms with van der Waals surface area (Å²) in [6, 6.07) is 9.46. The second kappa shape index (κ2) is 9.32. The molecular weight excluding hydrogens is 380 g/mol. The van der Waals surface area contributed by atoms with Gasteiger partial charge in [-0.15, -0.1) is 0 Å². The molecule has 7 heteroatoms. The number of carbonyl (C=O) groups excluding carboxylic acids is 2. The Kier molecular flexibility index (Phi) is 6.35. The summed E-state index contributed by atoms with van der Waals surface area (Å²) in [4.78, 5) is 29.4. The summed E-state index contributed by atoms with van der Waals surface area (Å²) in [5, 5.41) is 7.18. The normalized spacial score (nSPS) is 17.8. The molecular formula is C23H30N4O3. The minimum Gasteiger partial charge on any atom is -0.494 e. The third-order valence-corrected chi connectivity index (χ3v) is 6.10. The van der Waals surface area contributed by atoms with Crippen molar-refractivity contribution in [2.45, 2.75) is 39.0 Å². The van der Waals surface area contributed by atoms with Crippen molar-refractivity contribution in [3.63, 3.8) is 0 Å². The number of rotatable bonds is 5. The van der Waals surface area contributed by atoms with E-state index in [1.54, 1.807) is 11.0 Å². The Balaban J connectivity index is 1.34. The van der Waals surface area contributed by atoms with Crippen molar-refractivity contribution in [2.75, 3.05) is 32.8 Å². The lowest BCUT2D eigenvalue weighted by atomic mass is 9.88. The zero-order valence-electron chi connectivity index (χ0n) is 17.6. The maximum Gasteiger partial charge on any atom is 0.272 e. The summed E-state index contributed by atoms with van der Waals surface area (Å²) in [6.45, 7) is 4.93. The van der Waals surface area contributed by atoms with Gasteiger partial charge in [0.1, 0.15) is 11.4 Å². The highest BCUT2D eigenvalue weighted by molar-refractivity contribution is 5.93. The summed E-state index contributed by atoms with van der Waals surface area (Å²) >= 11 is 0. The van der Waals surface area contributed by atoms with Crippen LogP contribution in [0.25, 0.3) is 11.3 Å². The van der Waals surface area contributed by atoms with E-state index in [1.807, 2.05) is 36.1 Å². The van der Waals surface area contributed by atoms with Crippen molar-refractivity contribution < 1.29 is 14.3 Å². The lowest BCUT2D eigenvalue weighted by Gasteiger charge is -2.37. The van der Waals surface area contributed by atoms with Crippen molar-refractivity contribution in [1.82, 2.24) is 20.0 Å². The average molecular weight is 411 g/mol. The maximum absolute atomic E-state index is 12.9. The van der Waals surface area contributed by atoms with E-state index in [1.165, 1.54) is 6.42 Å². The molecule has 0 unspecified atom stereocenters. The molecule has 0 radical (unpaired) electrons. The minimum absolute atomic E-state index is 0.0653. The number of carbonyl (C=O) groups is 2. The van der Waals surface area contributed by atoms with E-state index in [0.717, 1.165) is 42.7 Å². The molecule has 7 nitrogen and oxygen atoms in total. The second-order valence-electron chi connectivity index (χ2n) is 8.08. The molecule has 1 aliphatic carbocycles. The van der Waals surface area contributed by atoms with E-state index in [2.05, 4.69) is 10.2 Å².